The van der Waals surface area contributed by atoms with Crippen LogP contribution in [0, 0.1) is 11.8 Å². The van der Waals surface area contributed by atoms with Gasteiger partial charge in [0.25, 0.3) is 0 Å². The van der Waals surface area contributed by atoms with Crippen molar-refractivity contribution in [3.8, 4) is 0 Å². The number of hydrogen-bond acceptors (Lipinski definition) is 2. The Kier molecular flexibility index (Phi) is 2.13. The fourth-order valence-corrected chi connectivity index (χ4v) is 3.16. The lowest BCUT2D eigenvalue weighted by molar-refractivity contribution is -0.159. The minimum absolute atomic E-state index is 0.0932. The molecule has 0 aromatic rings. The second kappa shape index (κ2) is 3.00. The first-order valence-corrected chi connectivity index (χ1v) is 5.16. The fraction of sp³-hybridized carbons (Fsp3) is 1.00. The molecule has 0 radical (unpaired) electrons. The minimum Gasteiger partial charge on any atom is -0.374 e. The third kappa shape index (κ3) is 1.01. The van der Waals surface area contributed by atoms with E-state index in [2.05, 4.69) is 6.92 Å². The monoisotopic (exact) mass is 169 g/mol. The van der Waals surface area contributed by atoms with Crippen LogP contribution in [0.4, 0.5) is 0 Å². The van der Waals surface area contributed by atoms with Gasteiger partial charge < -0.3 is 10.5 Å². The maximum Gasteiger partial charge on any atom is 0.0837 e. The molecule has 0 amide bonds. The maximum atomic E-state index is 5.80. The molecule has 0 aromatic heterocycles. The van der Waals surface area contributed by atoms with Crippen LogP contribution in [0.25, 0.3) is 0 Å². The Hall–Kier alpha value is -0.0800. The van der Waals surface area contributed by atoms with Crippen LogP contribution in [0.1, 0.15) is 32.6 Å². The molecule has 0 aromatic carbocycles. The van der Waals surface area contributed by atoms with Gasteiger partial charge in [0, 0.05) is 13.2 Å². The van der Waals surface area contributed by atoms with Crippen LogP contribution >= 0.6 is 0 Å². The summed E-state index contributed by atoms with van der Waals surface area (Å²) >= 11 is 0. The van der Waals surface area contributed by atoms with Gasteiger partial charge in [-0.05, 0) is 38.0 Å². The van der Waals surface area contributed by atoms with Gasteiger partial charge in [-0.25, -0.2) is 0 Å². The highest BCUT2D eigenvalue weighted by Gasteiger charge is 2.55. The van der Waals surface area contributed by atoms with Crippen molar-refractivity contribution in [1.82, 2.24) is 0 Å². The van der Waals surface area contributed by atoms with Gasteiger partial charge in [-0.2, -0.15) is 0 Å². The molecule has 12 heavy (non-hydrogen) atoms. The van der Waals surface area contributed by atoms with Crippen LogP contribution in [0.15, 0.2) is 0 Å². The quantitative estimate of drug-likeness (QED) is 0.695. The zero-order valence-electron chi connectivity index (χ0n) is 7.88. The van der Waals surface area contributed by atoms with E-state index in [0.29, 0.717) is 0 Å². The smallest absolute Gasteiger partial charge is 0.0837 e. The van der Waals surface area contributed by atoms with Gasteiger partial charge in [-0.1, -0.05) is 6.42 Å². The van der Waals surface area contributed by atoms with Gasteiger partial charge in [-0.15, -0.1) is 0 Å². The Morgan fingerprint density at radius 2 is 2.33 bits per heavy atom. The van der Waals surface area contributed by atoms with Crippen LogP contribution in [0.2, 0.25) is 0 Å². The van der Waals surface area contributed by atoms with Crippen LogP contribution in [-0.4, -0.2) is 18.8 Å². The van der Waals surface area contributed by atoms with Gasteiger partial charge in [-0.3, -0.25) is 0 Å². The van der Waals surface area contributed by atoms with Crippen molar-refractivity contribution in [2.75, 3.05) is 13.2 Å². The third-order valence-electron chi connectivity index (χ3n) is 3.72. The topological polar surface area (TPSA) is 35.2 Å². The molecule has 70 valence electrons. The molecule has 0 bridgehead atoms. The third-order valence-corrected chi connectivity index (χ3v) is 3.72. The first-order chi connectivity index (χ1) is 5.82. The largest absolute Gasteiger partial charge is 0.374 e. The van der Waals surface area contributed by atoms with E-state index < -0.39 is 0 Å². The molecule has 2 aliphatic carbocycles. The van der Waals surface area contributed by atoms with Gasteiger partial charge in [0.15, 0.2) is 0 Å². The van der Waals surface area contributed by atoms with E-state index in [1.54, 1.807) is 0 Å². The molecule has 2 nitrogen and oxygen atoms in total. The molecule has 2 heteroatoms. The SMILES string of the molecule is CCOC1(CN)CC2CCCC21. The summed E-state index contributed by atoms with van der Waals surface area (Å²) in [5, 5.41) is 0. The standard InChI is InChI=1S/C10H19NO/c1-2-12-10(7-11)6-8-4-3-5-9(8)10/h8-9H,2-7,11H2,1H3. The molecule has 0 saturated heterocycles. The first-order valence-electron chi connectivity index (χ1n) is 5.16. The highest BCUT2D eigenvalue weighted by Crippen LogP contribution is 2.54. The summed E-state index contributed by atoms with van der Waals surface area (Å²) in [6.45, 7) is 3.61. The van der Waals surface area contributed by atoms with E-state index in [0.717, 1.165) is 25.0 Å². The predicted octanol–water partition coefficient (Wildman–Crippen LogP) is 1.54. The van der Waals surface area contributed by atoms with E-state index in [-0.39, 0.29) is 5.60 Å². The van der Waals surface area contributed by atoms with Crippen molar-refractivity contribution >= 4 is 0 Å². The fourth-order valence-electron chi connectivity index (χ4n) is 3.16. The number of fused-ring (bicyclic) bond motifs is 1. The van der Waals surface area contributed by atoms with Gasteiger partial charge in [0.05, 0.1) is 5.60 Å². The number of nitrogens with two attached hydrogens (primary N) is 1. The summed E-state index contributed by atoms with van der Waals surface area (Å²) in [5.74, 6) is 1.74. The molecule has 0 spiro atoms. The van der Waals surface area contributed by atoms with Crippen molar-refractivity contribution in [2.45, 2.75) is 38.2 Å². The summed E-state index contributed by atoms with van der Waals surface area (Å²) in [4.78, 5) is 0. The first kappa shape index (κ1) is 8.52. The van der Waals surface area contributed by atoms with Gasteiger partial charge in [0.1, 0.15) is 0 Å². The van der Waals surface area contributed by atoms with Gasteiger partial charge in [0.2, 0.25) is 0 Å². The zero-order valence-corrected chi connectivity index (χ0v) is 7.88. The van der Waals surface area contributed by atoms with E-state index in [4.69, 9.17) is 10.5 Å². The Morgan fingerprint density at radius 1 is 1.50 bits per heavy atom. The minimum atomic E-state index is 0.0932. The highest BCUT2D eigenvalue weighted by molar-refractivity contribution is 5.06. The normalized spacial score (nSPS) is 45.5. The zero-order chi connectivity index (χ0) is 8.60. The molecule has 2 rings (SSSR count). The molecule has 0 aliphatic heterocycles. The summed E-state index contributed by atoms with van der Waals surface area (Å²) in [5.41, 5.74) is 5.88. The Balaban J connectivity index is 2.01. The highest BCUT2D eigenvalue weighted by atomic mass is 16.5. The Morgan fingerprint density at radius 3 is 2.92 bits per heavy atom. The second-order valence-electron chi connectivity index (χ2n) is 4.20. The Bertz CT molecular complexity index is 171. The lowest BCUT2D eigenvalue weighted by Crippen LogP contribution is -2.58. The second-order valence-corrected chi connectivity index (χ2v) is 4.20. The average Bonchev–Trinajstić information content (AvgIpc) is 2.44. The van der Waals surface area contributed by atoms with Crippen LogP contribution in [0.3, 0.4) is 0 Å². The molecule has 2 N–H and O–H groups in total. The van der Waals surface area contributed by atoms with Crippen molar-refractivity contribution in [2.24, 2.45) is 17.6 Å². The summed E-state index contributed by atoms with van der Waals surface area (Å²) in [6, 6.07) is 0. The summed E-state index contributed by atoms with van der Waals surface area (Å²) in [6.07, 6.45) is 5.38. The van der Waals surface area contributed by atoms with Crippen molar-refractivity contribution in [3.05, 3.63) is 0 Å². The van der Waals surface area contributed by atoms with Crippen molar-refractivity contribution in [3.63, 3.8) is 0 Å². The predicted molar refractivity (Wildman–Crippen MR) is 48.9 cm³/mol. The number of hydrogen-bond donors (Lipinski definition) is 1. The van der Waals surface area contributed by atoms with Crippen LogP contribution in [-0.2, 0) is 4.74 Å². The maximum absolute atomic E-state index is 5.80. The average molecular weight is 169 g/mol. The van der Waals surface area contributed by atoms with Crippen molar-refractivity contribution in [1.29, 1.82) is 0 Å². The van der Waals surface area contributed by atoms with Crippen LogP contribution in [0.5, 0.6) is 0 Å². The van der Waals surface area contributed by atoms with Crippen molar-refractivity contribution < 1.29 is 4.74 Å². The van der Waals surface area contributed by atoms with E-state index in [1.165, 1.54) is 25.7 Å². The lowest BCUT2D eigenvalue weighted by Gasteiger charge is -2.51. The summed E-state index contributed by atoms with van der Waals surface area (Å²) in [7, 11) is 0. The molecule has 3 atom stereocenters. The molecular weight excluding hydrogens is 150 g/mol. The van der Waals surface area contributed by atoms with E-state index >= 15 is 0 Å². The van der Waals surface area contributed by atoms with Gasteiger partial charge >= 0.3 is 0 Å². The molecule has 0 heterocycles. The number of ether oxygens (including phenoxy) is 1. The summed E-state index contributed by atoms with van der Waals surface area (Å²) < 4.78 is 5.80. The molecule has 3 unspecified atom stereocenters. The molecular formula is C10H19NO. The van der Waals surface area contributed by atoms with E-state index in [9.17, 15) is 0 Å². The van der Waals surface area contributed by atoms with E-state index in [1.807, 2.05) is 0 Å². The Labute approximate surface area is 74.5 Å². The molecule has 2 saturated carbocycles. The molecule has 2 aliphatic rings. The molecule has 2 fully saturated rings. The number of rotatable bonds is 3. The van der Waals surface area contributed by atoms with Crippen LogP contribution < -0.4 is 5.73 Å². The lowest BCUT2D eigenvalue weighted by atomic mass is 9.63.